The second kappa shape index (κ2) is 5.30. The predicted octanol–water partition coefficient (Wildman–Crippen LogP) is 3.08. The Bertz CT molecular complexity index is 350. The van der Waals surface area contributed by atoms with Crippen molar-refractivity contribution in [1.29, 1.82) is 0 Å². The molecule has 3 heteroatoms. The van der Waals surface area contributed by atoms with Crippen LogP contribution in [0.2, 0.25) is 0 Å². The van der Waals surface area contributed by atoms with Gasteiger partial charge in [0.2, 0.25) is 0 Å². The van der Waals surface area contributed by atoms with Crippen molar-refractivity contribution < 1.29 is 4.39 Å². The average molecular weight is 224 g/mol. The van der Waals surface area contributed by atoms with Crippen LogP contribution in [0.5, 0.6) is 0 Å². The lowest BCUT2D eigenvalue weighted by Gasteiger charge is -2.26. The van der Waals surface area contributed by atoms with Crippen LogP contribution in [-0.4, -0.2) is 13.1 Å². The molecule has 1 aromatic rings. The van der Waals surface area contributed by atoms with Crippen molar-refractivity contribution >= 4 is 5.69 Å². The van der Waals surface area contributed by atoms with Crippen molar-refractivity contribution in [3.05, 3.63) is 29.6 Å². The van der Waals surface area contributed by atoms with E-state index < -0.39 is 0 Å². The summed E-state index contributed by atoms with van der Waals surface area (Å²) in [6, 6.07) is 5.43. The normalized spacial score (nSPS) is 14.6. The predicted molar refractivity (Wildman–Crippen MR) is 67.2 cm³/mol. The Morgan fingerprint density at radius 1 is 1.38 bits per heavy atom. The zero-order valence-electron chi connectivity index (χ0n) is 10.5. The van der Waals surface area contributed by atoms with E-state index in [0.29, 0.717) is 11.7 Å². The van der Waals surface area contributed by atoms with E-state index >= 15 is 0 Å². The molecule has 2 N–H and O–H groups in total. The molecule has 1 rings (SSSR count). The van der Waals surface area contributed by atoms with Crippen LogP contribution in [0.15, 0.2) is 18.2 Å². The maximum absolute atomic E-state index is 13.9. The number of benzene rings is 1. The summed E-state index contributed by atoms with van der Waals surface area (Å²) < 4.78 is 13.9. The smallest absolute Gasteiger partial charge is 0.146 e. The molecule has 0 aromatic heterocycles. The Morgan fingerprint density at radius 3 is 2.44 bits per heavy atom. The monoisotopic (exact) mass is 224 g/mol. The summed E-state index contributed by atoms with van der Waals surface area (Å²) in [5.74, 6) is -0.197. The Labute approximate surface area is 97.3 Å². The molecule has 2 nitrogen and oxygen atoms in total. The highest BCUT2D eigenvalue weighted by Gasteiger charge is 2.13. The Hall–Kier alpha value is -1.09. The van der Waals surface area contributed by atoms with Gasteiger partial charge in [0.1, 0.15) is 5.82 Å². The van der Waals surface area contributed by atoms with Crippen molar-refractivity contribution in [3.63, 3.8) is 0 Å². The first-order valence-electron chi connectivity index (χ1n) is 5.75. The number of anilines is 1. The van der Waals surface area contributed by atoms with Crippen LogP contribution in [0.25, 0.3) is 0 Å². The summed E-state index contributed by atoms with van der Waals surface area (Å²) in [7, 11) is 1.91. The van der Waals surface area contributed by atoms with Crippen molar-refractivity contribution in [2.24, 2.45) is 5.73 Å². The first-order chi connectivity index (χ1) is 7.47. The zero-order chi connectivity index (χ0) is 12.3. The largest absolute Gasteiger partial charge is 0.370 e. The lowest BCUT2D eigenvalue weighted by Crippen LogP contribution is -2.28. The number of halogens is 1. The number of hydrogen-bond donors (Lipinski definition) is 1. The second-order valence-electron chi connectivity index (χ2n) is 4.37. The van der Waals surface area contributed by atoms with Crippen molar-refractivity contribution in [2.75, 3.05) is 11.9 Å². The van der Waals surface area contributed by atoms with Gasteiger partial charge in [-0.1, -0.05) is 13.0 Å². The van der Waals surface area contributed by atoms with Crippen LogP contribution in [-0.2, 0) is 0 Å². The number of hydrogen-bond acceptors (Lipinski definition) is 2. The minimum absolute atomic E-state index is 0.127. The van der Waals surface area contributed by atoms with E-state index in [-0.39, 0.29) is 11.9 Å². The van der Waals surface area contributed by atoms with E-state index in [0.717, 1.165) is 12.0 Å². The minimum atomic E-state index is -0.197. The van der Waals surface area contributed by atoms with Gasteiger partial charge in [-0.2, -0.15) is 0 Å². The van der Waals surface area contributed by atoms with E-state index in [1.54, 1.807) is 6.07 Å². The molecule has 0 fully saturated rings. The molecule has 0 heterocycles. The quantitative estimate of drug-likeness (QED) is 0.851. The molecule has 1 aromatic carbocycles. The van der Waals surface area contributed by atoms with Crippen LogP contribution < -0.4 is 10.6 Å². The minimum Gasteiger partial charge on any atom is -0.370 e. The lowest BCUT2D eigenvalue weighted by molar-refractivity contribution is 0.596. The molecule has 0 radical (unpaired) electrons. The first-order valence-corrected chi connectivity index (χ1v) is 5.75. The summed E-state index contributed by atoms with van der Waals surface area (Å²) in [5, 5.41) is 0. The van der Waals surface area contributed by atoms with E-state index in [2.05, 4.69) is 13.8 Å². The molecule has 16 heavy (non-hydrogen) atoms. The third-order valence-corrected chi connectivity index (χ3v) is 3.13. The van der Waals surface area contributed by atoms with E-state index in [9.17, 15) is 4.39 Å². The van der Waals surface area contributed by atoms with E-state index in [1.165, 1.54) is 6.07 Å². The zero-order valence-corrected chi connectivity index (χ0v) is 10.5. The van der Waals surface area contributed by atoms with Gasteiger partial charge in [-0.15, -0.1) is 0 Å². The fourth-order valence-corrected chi connectivity index (χ4v) is 1.60. The van der Waals surface area contributed by atoms with Gasteiger partial charge in [-0.05, 0) is 38.0 Å². The summed E-state index contributed by atoms with van der Waals surface area (Å²) in [5.41, 5.74) is 7.18. The highest BCUT2D eigenvalue weighted by Crippen LogP contribution is 2.23. The maximum atomic E-state index is 13.9. The Kier molecular flexibility index (Phi) is 4.30. The van der Waals surface area contributed by atoms with Crippen LogP contribution >= 0.6 is 0 Å². The van der Waals surface area contributed by atoms with Crippen LogP contribution in [0.1, 0.15) is 38.8 Å². The maximum Gasteiger partial charge on any atom is 0.146 e. The van der Waals surface area contributed by atoms with Gasteiger partial charge in [0.05, 0.1) is 5.69 Å². The molecular formula is C13H21FN2. The van der Waals surface area contributed by atoms with Gasteiger partial charge in [0.15, 0.2) is 0 Å². The molecule has 0 saturated carbocycles. The summed E-state index contributed by atoms with van der Waals surface area (Å²) in [6.45, 7) is 6.03. The number of nitrogens with zero attached hydrogens (tertiary/aromatic N) is 1. The van der Waals surface area contributed by atoms with E-state index in [4.69, 9.17) is 5.73 Å². The molecule has 1 unspecified atom stereocenters. The Balaban J connectivity index is 2.99. The van der Waals surface area contributed by atoms with Crippen molar-refractivity contribution in [3.8, 4) is 0 Å². The van der Waals surface area contributed by atoms with Gasteiger partial charge in [-0.25, -0.2) is 4.39 Å². The summed E-state index contributed by atoms with van der Waals surface area (Å²) in [6.07, 6.45) is 0.991. The fourth-order valence-electron chi connectivity index (χ4n) is 1.60. The molecule has 0 saturated heterocycles. The third-order valence-electron chi connectivity index (χ3n) is 3.13. The Morgan fingerprint density at radius 2 is 2.00 bits per heavy atom. The standard InChI is InChI=1S/C13H21FN2/c1-5-9(2)16(4)13-7-6-11(10(3)15)8-12(13)14/h6-10H,5,15H2,1-4H3/t9?,10-/m0/s1. The molecule has 0 bridgehead atoms. The first kappa shape index (κ1) is 13.0. The van der Waals surface area contributed by atoms with Crippen LogP contribution in [0, 0.1) is 5.82 Å². The summed E-state index contributed by atoms with van der Waals surface area (Å²) >= 11 is 0. The molecule has 2 atom stereocenters. The molecule has 0 spiro atoms. The lowest BCUT2D eigenvalue weighted by atomic mass is 10.1. The van der Waals surface area contributed by atoms with Crippen LogP contribution in [0.3, 0.4) is 0 Å². The highest BCUT2D eigenvalue weighted by atomic mass is 19.1. The van der Waals surface area contributed by atoms with Crippen molar-refractivity contribution in [2.45, 2.75) is 39.3 Å². The fraction of sp³-hybridized carbons (Fsp3) is 0.538. The molecular weight excluding hydrogens is 203 g/mol. The topological polar surface area (TPSA) is 29.3 Å². The van der Waals surface area contributed by atoms with Gasteiger partial charge >= 0.3 is 0 Å². The average Bonchev–Trinajstić information content (AvgIpc) is 2.26. The van der Waals surface area contributed by atoms with Gasteiger partial charge in [-0.3, -0.25) is 0 Å². The molecule has 0 aliphatic rings. The van der Waals surface area contributed by atoms with Crippen LogP contribution in [0.4, 0.5) is 10.1 Å². The number of rotatable bonds is 4. The molecule has 90 valence electrons. The van der Waals surface area contributed by atoms with Crippen molar-refractivity contribution in [1.82, 2.24) is 0 Å². The number of nitrogens with two attached hydrogens (primary N) is 1. The highest BCUT2D eigenvalue weighted by molar-refractivity contribution is 5.49. The molecule has 0 aliphatic carbocycles. The molecule has 0 amide bonds. The van der Waals surface area contributed by atoms with Gasteiger partial charge in [0, 0.05) is 19.1 Å². The van der Waals surface area contributed by atoms with E-state index in [1.807, 2.05) is 24.9 Å². The third kappa shape index (κ3) is 2.73. The SMILES string of the molecule is CCC(C)N(C)c1ccc([C@H](C)N)cc1F. The molecule has 0 aliphatic heterocycles. The van der Waals surface area contributed by atoms with Gasteiger partial charge < -0.3 is 10.6 Å². The summed E-state index contributed by atoms with van der Waals surface area (Å²) in [4.78, 5) is 1.96. The van der Waals surface area contributed by atoms with Gasteiger partial charge in [0.25, 0.3) is 0 Å². The second-order valence-corrected chi connectivity index (χ2v) is 4.37.